The van der Waals surface area contributed by atoms with Crippen LogP contribution in [0.3, 0.4) is 0 Å². The van der Waals surface area contributed by atoms with Gasteiger partial charge in [0.1, 0.15) is 0 Å². The first-order valence-electron chi connectivity index (χ1n) is 6.81. The number of rotatable bonds is 6. The number of carboxylic acid groups (broad SMARTS) is 1. The standard InChI is InChI=1S/C14H20N2O3/c17-14(18)13-12(7-4-8-16-13)15-9-10-19-11-5-2-1-3-6-11/h4,7-8,11,15H,1-3,5-6,9-10H2,(H,17,18). The van der Waals surface area contributed by atoms with Gasteiger partial charge in [-0.25, -0.2) is 9.78 Å². The molecule has 1 aromatic rings. The molecule has 0 unspecified atom stereocenters. The molecule has 0 atom stereocenters. The molecule has 1 aliphatic carbocycles. The van der Waals surface area contributed by atoms with Crippen LogP contribution < -0.4 is 5.32 Å². The summed E-state index contributed by atoms with van der Waals surface area (Å²) in [6.45, 7) is 1.20. The Kier molecular flexibility index (Phi) is 5.15. The average Bonchev–Trinajstić information content (AvgIpc) is 2.45. The molecule has 0 bridgehead atoms. The second kappa shape index (κ2) is 7.09. The third-order valence-corrected chi connectivity index (χ3v) is 3.33. The Morgan fingerprint density at radius 2 is 2.21 bits per heavy atom. The van der Waals surface area contributed by atoms with Crippen LogP contribution in [-0.4, -0.2) is 35.3 Å². The summed E-state index contributed by atoms with van der Waals surface area (Å²) in [5.41, 5.74) is 0.599. The summed E-state index contributed by atoms with van der Waals surface area (Å²) in [5, 5.41) is 12.1. The van der Waals surface area contributed by atoms with E-state index in [1.807, 2.05) is 0 Å². The van der Waals surface area contributed by atoms with Crippen molar-refractivity contribution in [3.63, 3.8) is 0 Å². The molecule has 5 heteroatoms. The number of nitrogens with one attached hydrogen (secondary N) is 1. The molecule has 0 aromatic carbocycles. The minimum atomic E-state index is -1.02. The zero-order valence-electron chi connectivity index (χ0n) is 11.0. The van der Waals surface area contributed by atoms with E-state index < -0.39 is 5.97 Å². The van der Waals surface area contributed by atoms with Crippen LogP contribution in [0.2, 0.25) is 0 Å². The molecular weight excluding hydrogens is 244 g/mol. The summed E-state index contributed by atoms with van der Waals surface area (Å²) in [4.78, 5) is 14.8. The predicted octanol–water partition coefficient (Wildman–Crippen LogP) is 2.54. The topological polar surface area (TPSA) is 71.5 Å². The van der Waals surface area contributed by atoms with Crippen molar-refractivity contribution >= 4 is 11.7 Å². The zero-order chi connectivity index (χ0) is 13.5. The largest absolute Gasteiger partial charge is 0.476 e. The molecular formula is C14H20N2O3. The fourth-order valence-corrected chi connectivity index (χ4v) is 2.36. The van der Waals surface area contributed by atoms with Gasteiger partial charge >= 0.3 is 5.97 Å². The van der Waals surface area contributed by atoms with Crippen LogP contribution in [-0.2, 0) is 4.74 Å². The van der Waals surface area contributed by atoms with Crippen LogP contribution in [0, 0.1) is 0 Å². The maximum atomic E-state index is 11.0. The number of pyridine rings is 1. The number of aromatic nitrogens is 1. The molecule has 1 aromatic heterocycles. The predicted molar refractivity (Wildman–Crippen MR) is 72.5 cm³/mol. The Labute approximate surface area is 113 Å². The first-order chi connectivity index (χ1) is 9.27. The van der Waals surface area contributed by atoms with Crippen molar-refractivity contribution in [2.75, 3.05) is 18.5 Å². The van der Waals surface area contributed by atoms with Gasteiger partial charge in [0.15, 0.2) is 5.69 Å². The Morgan fingerprint density at radius 3 is 2.95 bits per heavy atom. The van der Waals surface area contributed by atoms with Crippen LogP contribution in [0.25, 0.3) is 0 Å². The number of ether oxygens (including phenoxy) is 1. The van der Waals surface area contributed by atoms with E-state index in [2.05, 4.69) is 10.3 Å². The highest BCUT2D eigenvalue weighted by Gasteiger charge is 2.14. The maximum Gasteiger partial charge on any atom is 0.356 e. The number of hydrogen-bond acceptors (Lipinski definition) is 4. The fraction of sp³-hybridized carbons (Fsp3) is 0.571. The van der Waals surface area contributed by atoms with Gasteiger partial charge in [0, 0.05) is 12.7 Å². The van der Waals surface area contributed by atoms with Crippen molar-refractivity contribution in [2.45, 2.75) is 38.2 Å². The average molecular weight is 264 g/mol. The van der Waals surface area contributed by atoms with E-state index >= 15 is 0 Å². The highest BCUT2D eigenvalue weighted by Crippen LogP contribution is 2.20. The molecule has 2 N–H and O–H groups in total. The Morgan fingerprint density at radius 1 is 1.42 bits per heavy atom. The van der Waals surface area contributed by atoms with E-state index in [-0.39, 0.29) is 5.69 Å². The minimum Gasteiger partial charge on any atom is -0.476 e. The van der Waals surface area contributed by atoms with E-state index in [4.69, 9.17) is 9.84 Å². The summed E-state index contributed by atoms with van der Waals surface area (Å²) >= 11 is 0. The summed E-state index contributed by atoms with van der Waals surface area (Å²) in [6.07, 6.45) is 7.97. The molecule has 1 saturated carbocycles. The summed E-state index contributed by atoms with van der Waals surface area (Å²) in [6, 6.07) is 3.44. The molecule has 0 aliphatic heterocycles. The molecule has 1 fully saturated rings. The van der Waals surface area contributed by atoms with Gasteiger partial charge in [-0.05, 0) is 25.0 Å². The molecule has 2 rings (SSSR count). The highest BCUT2D eigenvalue weighted by atomic mass is 16.5. The lowest BCUT2D eigenvalue weighted by Crippen LogP contribution is -2.21. The van der Waals surface area contributed by atoms with Crippen LogP contribution in [0.4, 0.5) is 5.69 Å². The lowest BCUT2D eigenvalue weighted by molar-refractivity contribution is 0.0347. The van der Waals surface area contributed by atoms with E-state index in [0.29, 0.717) is 24.9 Å². The molecule has 0 radical (unpaired) electrons. The second-order valence-corrected chi connectivity index (χ2v) is 4.76. The van der Waals surface area contributed by atoms with Gasteiger partial charge in [0.05, 0.1) is 18.4 Å². The van der Waals surface area contributed by atoms with E-state index in [0.717, 1.165) is 12.8 Å². The van der Waals surface area contributed by atoms with E-state index in [1.165, 1.54) is 25.5 Å². The molecule has 1 heterocycles. The van der Waals surface area contributed by atoms with Gasteiger partial charge in [-0.2, -0.15) is 0 Å². The number of nitrogens with zero attached hydrogens (tertiary/aromatic N) is 1. The third kappa shape index (κ3) is 4.21. The van der Waals surface area contributed by atoms with Gasteiger partial charge in [-0.1, -0.05) is 19.3 Å². The number of anilines is 1. The number of carboxylic acids is 1. The van der Waals surface area contributed by atoms with Crippen molar-refractivity contribution in [3.8, 4) is 0 Å². The van der Waals surface area contributed by atoms with Crippen LogP contribution in [0.15, 0.2) is 18.3 Å². The second-order valence-electron chi connectivity index (χ2n) is 4.76. The minimum absolute atomic E-state index is 0.0557. The summed E-state index contributed by atoms with van der Waals surface area (Å²) in [5.74, 6) is -1.02. The smallest absolute Gasteiger partial charge is 0.356 e. The number of hydrogen-bond donors (Lipinski definition) is 2. The molecule has 0 amide bonds. The quantitative estimate of drug-likeness (QED) is 0.773. The molecule has 0 spiro atoms. The molecule has 5 nitrogen and oxygen atoms in total. The lowest BCUT2D eigenvalue weighted by atomic mass is 9.98. The SMILES string of the molecule is O=C(O)c1ncccc1NCCOC1CCCCC1. The van der Waals surface area contributed by atoms with E-state index in [9.17, 15) is 4.79 Å². The van der Waals surface area contributed by atoms with Crippen LogP contribution >= 0.6 is 0 Å². The van der Waals surface area contributed by atoms with E-state index in [1.54, 1.807) is 12.1 Å². The third-order valence-electron chi connectivity index (χ3n) is 3.33. The lowest BCUT2D eigenvalue weighted by Gasteiger charge is -2.22. The first-order valence-corrected chi connectivity index (χ1v) is 6.81. The maximum absolute atomic E-state index is 11.0. The van der Waals surface area contributed by atoms with Gasteiger partial charge in [0.25, 0.3) is 0 Å². The highest BCUT2D eigenvalue weighted by molar-refractivity contribution is 5.91. The molecule has 104 valence electrons. The van der Waals surface area contributed by atoms with Crippen molar-refractivity contribution in [1.82, 2.24) is 4.98 Å². The van der Waals surface area contributed by atoms with Crippen molar-refractivity contribution in [3.05, 3.63) is 24.0 Å². The van der Waals surface area contributed by atoms with Crippen molar-refractivity contribution in [1.29, 1.82) is 0 Å². The normalized spacial score (nSPS) is 16.2. The Balaban J connectivity index is 1.74. The molecule has 1 aliphatic rings. The van der Waals surface area contributed by atoms with Crippen molar-refractivity contribution in [2.24, 2.45) is 0 Å². The Bertz CT molecular complexity index is 417. The van der Waals surface area contributed by atoms with Crippen LogP contribution in [0.5, 0.6) is 0 Å². The first kappa shape index (κ1) is 13.8. The summed E-state index contributed by atoms with van der Waals surface area (Å²) < 4.78 is 5.77. The van der Waals surface area contributed by atoms with Gasteiger partial charge in [-0.3, -0.25) is 0 Å². The zero-order valence-corrected chi connectivity index (χ0v) is 11.0. The van der Waals surface area contributed by atoms with Gasteiger partial charge in [-0.15, -0.1) is 0 Å². The van der Waals surface area contributed by atoms with Gasteiger partial charge < -0.3 is 15.2 Å². The molecule has 19 heavy (non-hydrogen) atoms. The van der Waals surface area contributed by atoms with Crippen LogP contribution in [0.1, 0.15) is 42.6 Å². The molecule has 0 saturated heterocycles. The summed E-state index contributed by atoms with van der Waals surface area (Å²) in [7, 11) is 0. The Hall–Kier alpha value is -1.62. The van der Waals surface area contributed by atoms with Gasteiger partial charge in [0.2, 0.25) is 0 Å². The van der Waals surface area contributed by atoms with Crippen molar-refractivity contribution < 1.29 is 14.6 Å². The fourth-order valence-electron chi connectivity index (χ4n) is 2.36. The number of aromatic carboxylic acids is 1. The number of carbonyl (C=O) groups is 1. The monoisotopic (exact) mass is 264 g/mol.